The molecule has 0 bridgehead atoms. The van der Waals surface area contributed by atoms with Gasteiger partial charge in [0.05, 0.1) is 30.6 Å². The number of hydrogen-bond donors (Lipinski definition) is 1. The molecule has 2 aromatic rings. The smallest absolute Gasteiger partial charge is 0.220 e. The Hall–Kier alpha value is -2.71. The number of methoxy groups -OCH3 is 1. The molecule has 0 radical (unpaired) electrons. The lowest BCUT2D eigenvalue weighted by molar-refractivity contribution is 0.0664. The summed E-state index contributed by atoms with van der Waals surface area (Å²) < 4.78 is 5.61. The zero-order chi connectivity index (χ0) is 19.2. The van der Waals surface area contributed by atoms with Crippen LogP contribution in [-0.2, 0) is 11.8 Å². The van der Waals surface area contributed by atoms with Crippen molar-refractivity contribution in [2.24, 2.45) is 11.8 Å². The Morgan fingerprint density at radius 3 is 2.67 bits per heavy atom. The first-order chi connectivity index (χ1) is 13.0. The van der Waals surface area contributed by atoms with Crippen LogP contribution in [0.15, 0.2) is 42.0 Å². The molecule has 1 aromatic heterocycles. The van der Waals surface area contributed by atoms with E-state index in [1.54, 1.807) is 7.11 Å². The minimum Gasteiger partial charge on any atom is -0.481 e. The third-order valence-corrected chi connectivity index (χ3v) is 6.22. The van der Waals surface area contributed by atoms with Crippen LogP contribution in [0.1, 0.15) is 31.5 Å². The van der Waals surface area contributed by atoms with Gasteiger partial charge in [-0.3, -0.25) is 0 Å². The van der Waals surface area contributed by atoms with Crippen molar-refractivity contribution in [2.75, 3.05) is 7.11 Å². The van der Waals surface area contributed by atoms with Gasteiger partial charge in [-0.05, 0) is 24.7 Å². The fourth-order valence-electron chi connectivity index (χ4n) is 4.79. The summed E-state index contributed by atoms with van der Waals surface area (Å²) in [6.07, 6.45) is 2.91. The summed E-state index contributed by atoms with van der Waals surface area (Å²) in [6, 6.07) is 12.0. The molecule has 0 spiro atoms. The molecule has 5 nitrogen and oxygen atoms in total. The Morgan fingerprint density at radius 1 is 1.26 bits per heavy atom. The second kappa shape index (κ2) is 6.47. The van der Waals surface area contributed by atoms with E-state index in [4.69, 9.17) is 9.72 Å². The van der Waals surface area contributed by atoms with Crippen LogP contribution < -0.4 is 4.74 Å². The van der Waals surface area contributed by atoms with Crippen LogP contribution in [0, 0.1) is 23.2 Å². The van der Waals surface area contributed by atoms with Crippen LogP contribution in [-0.4, -0.2) is 28.3 Å². The predicted octanol–water partition coefficient (Wildman–Crippen LogP) is 3.43. The van der Waals surface area contributed by atoms with Crippen LogP contribution in [0.25, 0.3) is 11.4 Å². The van der Waals surface area contributed by atoms with E-state index in [1.807, 2.05) is 43.3 Å². The number of hydrogen-bond acceptors (Lipinski definition) is 5. The number of aliphatic hydroxyl groups is 1. The molecular weight excluding hydrogens is 338 g/mol. The van der Waals surface area contributed by atoms with Gasteiger partial charge in [0.1, 0.15) is 0 Å². The number of ether oxygens (including phenoxy) is 1. The Balaban J connectivity index is 1.96. The molecule has 1 aromatic carbocycles. The van der Waals surface area contributed by atoms with Gasteiger partial charge in [0, 0.05) is 16.5 Å². The number of fused-ring (bicyclic) bond motifs is 3. The highest BCUT2D eigenvalue weighted by molar-refractivity contribution is 5.58. The molecule has 5 heteroatoms. The van der Waals surface area contributed by atoms with Crippen LogP contribution in [0.2, 0.25) is 0 Å². The standard InChI is InChI=1S/C22H23N3O2/c1-13-17-10-9-16-19(22(17,2)11-15(12-23)18(13)26)24-20(25-21(16)27-3)14-7-5-4-6-8-14/h4-8,11,13,17-18,26H,9-10H2,1-3H3/t13-,17-,18?,22-/m0/s1. The van der Waals surface area contributed by atoms with E-state index >= 15 is 0 Å². The molecule has 0 amide bonds. The van der Waals surface area contributed by atoms with Crippen molar-refractivity contribution in [3.63, 3.8) is 0 Å². The summed E-state index contributed by atoms with van der Waals surface area (Å²) in [5.74, 6) is 1.42. The Labute approximate surface area is 159 Å². The first-order valence-corrected chi connectivity index (χ1v) is 9.31. The van der Waals surface area contributed by atoms with E-state index in [-0.39, 0.29) is 11.8 Å². The maximum absolute atomic E-state index is 10.5. The lowest BCUT2D eigenvalue weighted by Crippen LogP contribution is -2.47. The molecule has 0 saturated heterocycles. The molecule has 4 atom stereocenters. The highest BCUT2D eigenvalue weighted by Gasteiger charge is 2.49. The number of aliphatic hydroxyl groups excluding tert-OH is 1. The average Bonchev–Trinajstić information content (AvgIpc) is 2.70. The third kappa shape index (κ3) is 2.64. The van der Waals surface area contributed by atoms with Gasteiger partial charge in [-0.15, -0.1) is 0 Å². The van der Waals surface area contributed by atoms with Crippen molar-refractivity contribution >= 4 is 0 Å². The van der Waals surface area contributed by atoms with Crippen molar-refractivity contribution in [3.8, 4) is 23.3 Å². The summed E-state index contributed by atoms with van der Waals surface area (Å²) in [6.45, 7) is 4.15. The Bertz CT molecular complexity index is 948. The van der Waals surface area contributed by atoms with E-state index in [0.29, 0.717) is 17.3 Å². The summed E-state index contributed by atoms with van der Waals surface area (Å²) in [4.78, 5) is 9.60. The van der Waals surface area contributed by atoms with Crippen LogP contribution in [0.3, 0.4) is 0 Å². The van der Waals surface area contributed by atoms with E-state index in [2.05, 4.69) is 18.0 Å². The topological polar surface area (TPSA) is 79.0 Å². The molecule has 0 fully saturated rings. The van der Waals surface area contributed by atoms with Crippen molar-refractivity contribution < 1.29 is 9.84 Å². The van der Waals surface area contributed by atoms with Crippen molar-refractivity contribution in [2.45, 2.75) is 38.2 Å². The van der Waals surface area contributed by atoms with Crippen molar-refractivity contribution in [1.82, 2.24) is 9.97 Å². The van der Waals surface area contributed by atoms with Gasteiger partial charge in [-0.2, -0.15) is 10.2 Å². The first kappa shape index (κ1) is 17.7. The van der Waals surface area contributed by atoms with Gasteiger partial charge < -0.3 is 9.84 Å². The summed E-state index contributed by atoms with van der Waals surface area (Å²) in [5.41, 5.74) is 2.84. The van der Waals surface area contributed by atoms with E-state index in [9.17, 15) is 10.4 Å². The molecule has 0 aliphatic heterocycles. The van der Waals surface area contributed by atoms with Gasteiger partial charge in [0.25, 0.3) is 0 Å². The van der Waals surface area contributed by atoms with Gasteiger partial charge in [-0.25, -0.2) is 4.98 Å². The fraction of sp³-hybridized carbons (Fsp3) is 0.409. The zero-order valence-electron chi connectivity index (χ0n) is 15.8. The molecule has 27 heavy (non-hydrogen) atoms. The van der Waals surface area contributed by atoms with Crippen LogP contribution in [0.4, 0.5) is 0 Å². The number of nitrogens with zero attached hydrogens (tertiary/aromatic N) is 3. The Morgan fingerprint density at radius 2 is 2.00 bits per heavy atom. The predicted molar refractivity (Wildman–Crippen MR) is 102 cm³/mol. The minimum absolute atomic E-state index is 0.0102. The molecule has 2 aliphatic carbocycles. The molecule has 2 aliphatic rings. The highest BCUT2D eigenvalue weighted by atomic mass is 16.5. The second-order valence-corrected chi connectivity index (χ2v) is 7.69. The molecule has 0 saturated carbocycles. The monoisotopic (exact) mass is 361 g/mol. The number of aromatic nitrogens is 2. The van der Waals surface area contributed by atoms with Gasteiger partial charge in [0.2, 0.25) is 5.88 Å². The van der Waals surface area contributed by atoms with Gasteiger partial charge >= 0.3 is 0 Å². The maximum atomic E-state index is 10.5. The highest BCUT2D eigenvalue weighted by Crippen LogP contribution is 2.51. The van der Waals surface area contributed by atoms with E-state index in [0.717, 1.165) is 29.7 Å². The lowest BCUT2D eigenvalue weighted by atomic mass is 9.57. The third-order valence-electron chi connectivity index (χ3n) is 6.22. The summed E-state index contributed by atoms with van der Waals surface area (Å²) in [5, 5.41) is 20.1. The minimum atomic E-state index is -0.716. The lowest BCUT2D eigenvalue weighted by Gasteiger charge is -2.47. The average molecular weight is 361 g/mol. The quantitative estimate of drug-likeness (QED) is 0.886. The van der Waals surface area contributed by atoms with Crippen molar-refractivity contribution in [1.29, 1.82) is 5.26 Å². The normalized spacial score (nSPS) is 29.1. The molecular formula is C22H23N3O2. The Kier molecular flexibility index (Phi) is 4.24. The van der Waals surface area contributed by atoms with Crippen molar-refractivity contribution in [3.05, 3.63) is 53.2 Å². The molecule has 4 rings (SSSR count). The second-order valence-electron chi connectivity index (χ2n) is 7.69. The molecule has 1 unspecified atom stereocenters. The number of benzene rings is 1. The summed E-state index contributed by atoms with van der Waals surface area (Å²) in [7, 11) is 1.63. The zero-order valence-corrected chi connectivity index (χ0v) is 15.8. The van der Waals surface area contributed by atoms with E-state index in [1.165, 1.54) is 0 Å². The molecule has 138 valence electrons. The molecule has 1 heterocycles. The van der Waals surface area contributed by atoms with E-state index < -0.39 is 11.5 Å². The van der Waals surface area contributed by atoms with Gasteiger partial charge in [0.15, 0.2) is 5.82 Å². The number of nitriles is 1. The number of allylic oxidation sites excluding steroid dienone is 1. The van der Waals surface area contributed by atoms with Crippen LogP contribution >= 0.6 is 0 Å². The first-order valence-electron chi connectivity index (χ1n) is 9.31. The summed E-state index contributed by atoms with van der Waals surface area (Å²) >= 11 is 0. The largest absolute Gasteiger partial charge is 0.481 e. The molecule has 1 N–H and O–H groups in total. The van der Waals surface area contributed by atoms with Crippen LogP contribution in [0.5, 0.6) is 5.88 Å². The number of rotatable bonds is 2. The fourth-order valence-corrected chi connectivity index (χ4v) is 4.79. The SMILES string of the molecule is COc1nc(-c2ccccc2)nc2c1CC[C@H]1[C@H](C)C(O)C(C#N)=C[C@]21C. The van der Waals surface area contributed by atoms with Gasteiger partial charge in [-0.1, -0.05) is 50.3 Å². The maximum Gasteiger partial charge on any atom is 0.220 e.